The van der Waals surface area contributed by atoms with Gasteiger partial charge in [0.15, 0.2) is 0 Å². The summed E-state index contributed by atoms with van der Waals surface area (Å²) >= 11 is 0. The van der Waals surface area contributed by atoms with Crippen molar-refractivity contribution in [3.8, 4) is 0 Å². The molecule has 0 aromatic carbocycles. The van der Waals surface area contributed by atoms with E-state index in [9.17, 15) is 9.59 Å². The third-order valence-electron chi connectivity index (χ3n) is 1.99. The largest absolute Gasteiger partial charge is 0.331 e. The van der Waals surface area contributed by atoms with Gasteiger partial charge in [0.2, 0.25) is 0 Å². The number of carbonyl (C=O) groups is 2. The minimum atomic E-state index is -0.870. The van der Waals surface area contributed by atoms with Crippen LogP contribution in [0.25, 0.3) is 0 Å². The van der Waals surface area contributed by atoms with E-state index in [0.29, 0.717) is 0 Å². The summed E-state index contributed by atoms with van der Waals surface area (Å²) in [5.41, 5.74) is 5.92. The molecule has 6 nitrogen and oxygen atoms in total. The van der Waals surface area contributed by atoms with Gasteiger partial charge in [-0.05, 0) is 38.8 Å². The Bertz CT molecular complexity index is 380. The Balaban J connectivity index is 4.17. The minimum Gasteiger partial charge on any atom is -0.262 e. The molecule has 0 saturated carbocycles. The lowest BCUT2D eigenvalue weighted by molar-refractivity contribution is -0.139. The predicted molar refractivity (Wildman–Crippen MR) is 72.1 cm³/mol. The molecule has 0 aromatic rings. The van der Waals surface area contributed by atoms with Crippen LogP contribution in [0.1, 0.15) is 27.7 Å². The summed E-state index contributed by atoms with van der Waals surface area (Å²) in [6.45, 7) is 7.32. The summed E-state index contributed by atoms with van der Waals surface area (Å²) in [6, 6.07) is 0. The van der Waals surface area contributed by atoms with Crippen LogP contribution in [0.15, 0.2) is 33.5 Å². The maximum Gasteiger partial charge on any atom is 0.331 e. The quantitative estimate of drug-likeness (QED) is 0.445. The molecule has 0 saturated heterocycles. The molecule has 0 bridgehead atoms. The second-order valence-corrected chi connectivity index (χ2v) is 3.46. The molecule has 0 atom stereocenters. The maximum atomic E-state index is 11.2. The Morgan fingerprint density at radius 1 is 0.833 bits per heavy atom. The number of rotatable bonds is 4. The van der Waals surface area contributed by atoms with E-state index in [2.05, 4.69) is 21.1 Å². The van der Waals surface area contributed by atoms with Crippen LogP contribution in [0, 0.1) is 0 Å². The fraction of sp³-hybridized carbons (Fsp3) is 0.333. The average Bonchev–Trinajstić information content (AvgIpc) is 2.37. The third-order valence-corrected chi connectivity index (χ3v) is 1.99. The van der Waals surface area contributed by atoms with E-state index in [1.54, 1.807) is 0 Å². The van der Waals surface area contributed by atoms with Gasteiger partial charge in [0.05, 0.1) is 0 Å². The predicted octanol–water partition coefficient (Wildman–Crippen LogP) is 1.12. The first-order valence-corrected chi connectivity index (χ1v) is 5.43. The van der Waals surface area contributed by atoms with Crippen LogP contribution in [-0.2, 0) is 9.59 Å². The molecule has 0 aromatic heterocycles. The summed E-state index contributed by atoms with van der Waals surface area (Å²) in [6.07, 6.45) is 6.52. The van der Waals surface area contributed by atoms with Gasteiger partial charge in [-0.3, -0.25) is 9.59 Å². The van der Waals surface area contributed by atoms with Crippen molar-refractivity contribution in [2.45, 2.75) is 27.7 Å². The Morgan fingerprint density at radius 2 is 1.17 bits per heavy atom. The van der Waals surface area contributed by atoms with Crippen LogP contribution in [0.4, 0.5) is 0 Å². The molecular weight excluding hydrogens is 232 g/mol. The Hall–Kier alpha value is -2.24. The molecule has 0 aliphatic carbocycles. The lowest BCUT2D eigenvalue weighted by Crippen LogP contribution is -2.35. The molecule has 0 fully saturated rings. The summed E-state index contributed by atoms with van der Waals surface area (Å²) < 4.78 is 0. The number of amides is 2. The number of hydrogen-bond donors (Lipinski definition) is 2. The summed E-state index contributed by atoms with van der Waals surface area (Å²) in [5.74, 6) is -1.74. The number of allylic oxidation sites excluding steroid dienone is 4. The van der Waals surface area contributed by atoms with Crippen LogP contribution in [-0.4, -0.2) is 24.2 Å². The van der Waals surface area contributed by atoms with Crippen molar-refractivity contribution in [1.29, 1.82) is 0 Å². The fourth-order valence-corrected chi connectivity index (χ4v) is 0.636. The van der Waals surface area contributed by atoms with Gasteiger partial charge in [0.25, 0.3) is 0 Å². The van der Waals surface area contributed by atoms with Crippen molar-refractivity contribution in [3.05, 3.63) is 23.3 Å². The molecule has 2 amide bonds. The molecule has 0 spiro atoms. The van der Waals surface area contributed by atoms with E-state index >= 15 is 0 Å². The van der Waals surface area contributed by atoms with Crippen molar-refractivity contribution in [1.82, 2.24) is 10.9 Å². The molecule has 2 N–H and O–H groups in total. The molecule has 0 aliphatic heterocycles. The number of hydrazone groups is 2. The van der Waals surface area contributed by atoms with Crippen molar-refractivity contribution >= 4 is 24.2 Å². The highest BCUT2D eigenvalue weighted by molar-refractivity contribution is 6.35. The van der Waals surface area contributed by atoms with Crippen LogP contribution < -0.4 is 10.9 Å². The zero-order valence-corrected chi connectivity index (χ0v) is 11.0. The van der Waals surface area contributed by atoms with Crippen molar-refractivity contribution in [2.75, 3.05) is 0 Å². The van der Waals surface area contributed by atoms with Gasteiger partial charge in [-0.15, -0.1) is 0 Å². The van der Waals surface area contributed by atoms with Crippen LogP contribution in [0.3, 0.4) is 0 Å². The van der Waals surface area contributed by atoms with E-state index in [4.69, 9.17) is 0 Å². The Labute approximate surface area is 107 Å². The monoisotopic (exact) mass is 250 g/mol. The average molecular weight is 250 g/mol. The van der Waals surface area contributed by atoms with Crippen LogP contribution in [0.2, 0.25) is 0 Å². The number of hydrogen-bond acceptors (Lipinski definition) is 4. The fourth-order valence-electron chi connectivity index (χ4n) is 0.636. The van der Waals surface area contributed by atoms with Crippen molar-refractivity contribution < 1.29 is 9.59 Å². The second kappa shape index (κ2) is 8.86. The van der Waals surface area contributed by atoms with Gasteiger partial charge < -0.3 is 0 Å². The number of carbonyl (C=O) groups excluding carboxylic acids is 2. The second-order valence-electron chi connectivity index (χ2n) is 3.46. The van der Waals surface area contributed by atoms with E-state index < -0.39 is 11.8 Å². The van der Waals surface area contributed by atoms with Gasteiger partial charge in [0, 0.05) is 12.4 Å². The van der Waals surface area contributed by atoms with Crippen molar-refractivity contribution in [2.24, 2.45) is 10.2 Å². The minimum absolute atomic E-state index is 0.870. The number of nitrogens with one attached hydrogen (secondary N) is 2. The molecule has 0 heterocycles. The van der Waals surface area contributed by atoms with E-state index in [1.807, 2.05) is 39.8 Å². The Kier molecular flexibility index (Phi) is 7.76. The smallest absolute Gasteiger partial charge is 0.262 e. The first-order valence-electron chi connectivity index (χ1n) is 5.43. The molecule has 98 valence electrons. The maximum absolute atomic E-state index is 11.2. The summed E-state index contributed by atoms with van der Waals surface area (Å²) in [4.78, 5) is 22.4. The van der Waals surface area contributed by atoms with E-state index in [-0.39, 0.29) is 0 Å². The summed E-state index contributed by atoms with van der Waals surface area (Å²) in [5, 5.41) is 7.21. The van der Waals surface area contributed by atoms with Crippen LogP contribution >= 0.6 is 0 Å². The van der Waals surface area contributed by atoms with E-state index in [0.717, 1.165) is 11.1 Å². The number of nitrogens with zero attached hydrogens (tertiary/aromatic N) is 2. The molecule has 6 heteroatoms. The van der Waals surface area contributed by atoms with Gasteiger partial charge in [-0.25, -0.2) is 10.9 Å². The molecule has 0 unspecified atom stereocenters. The lowest BCUT2D eigenvalue weighted by atomic mass is 10.3. The van der Waals surface area contributed by atoms with Gasteiger partial charge >= 0.3 is 11.8 Å². The summed E-state index contributed by atoms with van der Waals surface area (Å²) in [7, 11) is 0. The van der Waals surface area contributed by atoms with Crippen molar-refractivity contribution in [3.63, 3.8) is 0 Å². The standard InChI is InChI=1S/C12H18N4O2/c1-5-9(3)7-13-15-11(17)12(18)16-14-8-10(4)6-2/h5-8H,1-4H3,(H,15,17)(H,16,18)/b9-5-,10-6-,13-7-,14-8+. The SMILES string of the molecule is C/C=C(C)\C=N/NC(=O)C(=O)N/N=C/C(C)=C\C. The van der Waals surface area contributed by atoms with E-state index in [1.165, 1.54) is 12.4 Å². The molecular formula is C12H18N4O2. The highest BCUT2D eigenvalue weighted by Crippen LogP contribution is 1.85. The first-order chi connectivity index (χ1) is 8.51. The zero-order chi connectivity index (χ0) is 14.0. The normalized spacial score (nSPS) is 13.1. The van der Waals surface area contributed by atoms with Gasteiger partial charge in [-0.2, -0.15) is 10.2 Å². The molecule has 18 heavy (non-hydrogen) atoms. The topological polar surface area (TPSA) is 82.9 Å². The van der Waals surface area contributed by atoms with Gasteiger partial charge in [-0.1, -0.05) is 12.2 Å². The first kappa shape index (κ1) is 15.8. The highest BCUT2D eigenvalue weighted by atomic mass is 16.2. The highest BCUT2D eigenvalue weighted by Gasteiger charge is 2.10. The lowest BCUT2D eigenvalue weighted by Gasteiger charge is -1.97. The zero-order valence-electron chi connectivity index (χ0n) is 11.0. The molecule has 0 rings (SSSR count). The molecule has 0 aliphatic rings. The van der Waals surface area contributed by atoms with Gasteiger partial charge in [0.1, 0.15) is 0 Å². The third kappa shape index (κ3) is 7.10. The van der Waals surface area contributed by atoms with Crippen LogP contribution in [0.5, 0.6) is 0 Å². The Morgan fingerprint density at radius 3 is 1.44 bits per heavy atom. The molecule has 0 radical (unpaired) electrons.